The van der Waals surface area contributed by atoms with Crippen LogP contribution in [0.4, 0.5) is 24.9 Å². The summed E-state index contributed by atoms with van der Waals surface area (Å²) >= 11 is 0. The maximum atomic E-state index is 13.0. The second-order valence-corrected chi connectivity index (χ2v) is 8.33. The van der Waals surface area contributed by atoms with Crippen molar-refractivity contribution < 1.29 is 13.2 Å². The molecule has 0 aliphatic carbocycles. The highest BCUT2D eigenvalue weighted by molar-refractivity contribution is 5.83. The van der Waals surface area contributed by atoms with Crippen LogP contribution in [0.5, 0.6) is 0 Å². The Kier molecular flexibility index (Phi) is 5.88. The number of aromatic amines is 1. The van der Waals surface area contributed by atoms with Gasteiger partial charge in [0.2, 0.25) is 11.8 Å². The molecule has 34 heavy (non-hydrogen) atoms. The summed E-state index contributed by atoms with van der Waals surface area (Å²) in [6.07, 6.45) is -1.73. The fraction of sp³-hybridized carbons (Fsp3) is 0.304. The molecule has 0 spiro atoms. The molecule has 0 bridgehead atoms. The fourth-order valence-electron chi connectivity index (χ4n) is 3.91. The van der Waals surface area contributed by atoms with Crippen molar-refractivity contribution in [1.29, 1.82) is 0 Å². The van der Waals surface area contributed by atoms with Gasteiger partial charge < -0.3 is 15.2 Å². The number of benzene rings is 1. The number of pyridine rings is 1. The van der Waals surface area contributed by atoms with E-state index in [1.165, 1.54) is 6.07 Å². The van der Waals surface area contributed by atoms with Crippen LogP contribution >= 0.6 is 0 Å². The molecule has 8 nitrogen and oxygen atoms in total. The van der Waals surface area contributed by atoms with Gasteiger partial charge in [0, 0.05) is 50.7 Å². The topological polar surface area (TPSA) is 85.9 Å². The van der Waals surface area contributed by atoms with E-state index in [-0.39, 0.29) is 5.69 Å². The van der Waals surface area contributed by atoms with Crippen LogP contribution in [0, 0.1) is 0 Å². The van der Waals surface area contributed by atoms with E-state index in [0.717, 1.165) is 44.5 Å². The van der Waals surface area contributed by atoms with E-state index in [2.05, 4.69) is 47.1 Å². The third kappa shape index (κ3) is 5.00. The zero-order chi connectivity index (χ0) is 23.7. The third-order valence-corrected chi connectivity index (χ3v) is 5.76. The van der Waals surface area contributed by atoms with Crippen LogP contribution in [-0.2, 0) is 12.7 Å². The Balaban J connectivity index is 1.33. The van der Waals surface area contributed by atoms with Crippen molar-refractivity contribution >= 4 is 22.8 Å². The molecule has 1 saturated heterocycles. The summed E-state index contributed by atoms with van der Waals surface area (Å²) in [5.74, 6) is -0.00816. The van der Waals surface area contributed by atoms with Crippen LogP contribution < -0.4 is 5.32 Å². The highest BCUT2D eigenvalue weighted by Crippen LogP contribution is 2.29. The number of halogens is 3. The van der Waals surface area contributed by atoms with E-state index >= 15 is 0 Å². The number of aromatic nitrogens is 5. The molecule has 11 heteroatoms. The zero-order valence-electron chi connectivity index (χ0n) is 18.5. The standard InChI is InChI=1S/C23H23F3N8/c1-33-8-10-34(11-9-33)14-15-4-6-27-20(12-15)32-22-30-18-3-2-16(13-19(18)31-22)17-5-7-28-21(29-17)23(24,25)26/h2-7,12-13H,8-11,14H2,1H3,(H2,27,30,31,32). The Labute approximate surface area is 193 Å². The van der Waals surface area contributed by atoms with Crippen LogP contribution in [0.15, 0.2) is 48.8 Å². The van der Waals surface area contributed by atoms with Gasteiger partial charge in [-0.2, -0.15) is 13.2 Å². The molecule has 0 saturated carbocycles. The second kappa shape index (κ2) is 8.99. The number of hydrogen-bond donors (Lipinski definition) is 2. The normalized spacial score (nSPS) is 15.6. The first-order chi connectivity index (χ1) is 16.3. The van der Waals surface area contributed by atoms with Crippen LogP contribution in [-0.4, -0.2) is 67.9 Å². The predicted molar refractivity (Wildman–Crippen MR) is 122 cm³/mol. The lowest BCUT2D eigenvalue weighted by Crippen LogP contribution is -2.43. The van der Waals surface area contributed by atoms with Crippen molar-refractivity contribution in [2.24, 2.45) is 0 Å². The summed E-state index contributed by atoms with van der Waals surface area (Å²) in [6, 6.07) is 10.6. The van der Waals surface area contributed by atoms with Crippen LogP contribution in [0.25, 0.3) is 22.3 Å². The van der Waals surface area contributed by atoms with Gasteiger partial charge in [0.25, 0.3) is 0 Å². The first-order valence-electron chi connectivity index (χ1n) is 10.9. The molecule has 2 N–H and O–H groups in total. The minimum Gasteiger partial charge on any atom is -0.324 e. The van der Waals surface area contributed by atoms with Crippen LogP contribution in [0.1, 0.15) is 11.4 Å². The first-order valence-corrected chi connectivity index (χ1v) is 10.9. The second-order valence-electron chi connectivity index (χ2n) is 8.33. The summed E-state index contributed by atoms with van der Waals surface area (Å²) < 4.78 is 38.9. The quantitative estimate of drug-likeness (QED) is 0.459. The van der Waals surface area contributed by atoms with E-state index < -0.39 is 12.0 Å². The largest absolute Gasteiger partial charge is 0.451 e. The number of alkyl halides is 3. The molecule has 0 radical (unpaired) electrons. The van der Waals surface area contributed by atoms with Gasteiger partial charge in [0.1, 0.15) is 5.82 Å². The molecule has 1 aliphatic heterocycles. The Morgan fingerprint density at radius 3 is 2.56 bits per heavy atom. The minimum absolute atomic E-state index is 0.187. The van der Waals surface area contributed by atoms with Gasteiger partial charge in [-0.05, 0) is 42.9 Å². The van der Waals surface area contributed by atoms with E-state index in [9.17, 15) is 13.2 Å². The molecule has 176 valence electrons. The molecule has 1 aliphatic rings. The number of H-pyrrole nitrogens is 1. The molecule has 3 aromatic heterocycles. The molecule has 0 unspecified atom stereocenters. The summed E-state index contributed by atoms with van der Waals surface area (Å²) in [5.41, 5.74) is 3.21. The third-order valence-electron chi connectivity index (χ3n) is 5.76. The number of likely N-dealkylation sites (N-methyl/N-ethyl adjacent to an activating group) is 1. The Morgan fingerprint density at radius 1 is 0.971 bits per heavy atom. The van der Waals surface area contributed by atoms with Crippen molar-refractivity contribution in [1.82, 2.24) is 34.7 Å². The van der Waals surface area contributed by atoms with Crippen LogP contribution in [0.2, 0.25) is 0 Å². The number of nitrogens with one attached hydrogen (secondary N) is 2. The smallest absolute Gasteiger partial charge is 0.324 e. The molecule has 4 aromatic rings. The van der Waals surface area contributed by atoms with Crippen molar-refractivity contribution in [2.75, 3.05) is 38.5 Å². The highest BCUT2D eigenvalue weighted by atomic mass is 19.4. The molecular formula is C23H23F3N8. The fourth-order valence-corrected chi connectivity index (χ4v) is 3.91. The monoisotopic (exact) mass is 468 g/mol. The number of fused-ring (bicyclic) bond motifs is 1. The lowest BCUT2D eigenvalue weighted by molar-refractivity contribution is -0.144. The molecule has 1 fully saturated rings. The van der Waals surface area contributed by atoms with Gasteiger partial charge in [-0.25, -0.2) is 19.9 Å². The molecule has 0 atom stereocenters. The lowest BCUT2D eigenvalue weighted by Gasteiger charge is -2.32. The first kappa shape index (κ1) is 22.2. The number of rotatable bonds is 5. The SMILES string of the molecule is CN1CCN(Cc2ccnc(Nc3nc4ccc(-c5ccnc(C(F)(F)F)n5)cc4[nH]3)c2)CC1. The summed E-state index contributed by atoms with van der Waals surface area (Å²) in [5, 5.41) is 3.19. The number of nitrogens with zero attached hydrogens (tertiary/aromatic N) is 6. The maximum absolute atomic E-state index is 13.0. The molecular weight excluding hydrogens is 445 g/mol. The van der Waals surface area contributed by atoms with E-state index in [4.69, 9.17) is 0 Å². The lowest BCUT2D eigenvalue weighted by atomic mass is 10.1. The maximum Gasteiger partial charge on any atom is 0.451 e. The van der Waals surface area contributed by atoms with Crippen LogP contribution in [0.3, 0.4) is 0 Å². The molecule has 1 aromatic carbocycles. The summed E-state index contributed by atoms with van der Waals surface area (Å²) in [4.78, 5) is 23.8. The van der Waals surface area contributed by atoms with E-state index in [1.54, 1.807) is 24.4 Å². The van der Waals surface area contributed by atoms with Gasteiger partial charge in [-0.15, -0.1) is 0 Å². The minimum atomic E-state index is -4.60. The predicted octanol–water partition coefficient (Wildman–Crippen LogP) is 3.92. The van der Waals surface area contributed by atoms with Gasteiger partial charge in [0.15, 0.2) is 0 Å². The van der Waals surface area contributed by atoms with Crippen molar-refractivity contribution in [3.63, 3.8) is 0 Å². The molecule has 4 heterocycles. The van der Waals surface area contributed by atoms with Gasteiger partial charge in [-0.3, -0.25) is 4.90 Å². The van der Waals surface area contributed by atoms with Crippen molar-refractivity contribution in [3.8, 4) is 11.3 Å². The Bertz CT molecular complexity index is 1290. The number of anilines is 2. The summed E-state index contributed by atoms with van der Waals surface area (Å²) in [7, 11) is 2.13. The highest BCUT2D eigenvalue weighted by Gasteiger charge is 2.34. The van der Waals surface area contributed by atoms with Gasteiger partial charge in [-0.1, -0.05) is 6.07 Å². The van der Waals surface area contributed by atoms with Gasteiger partial charge in [0.05, 0.1) is 16.7 Å². The van der Waals surface area contributed by atoms with Crippen molar-refractivity contribution in [3.05, 3.63) is 60.2 Å². The molecule has 5 rings (SSSR count). The number of imidazole rings is 1. The average Bonchev–Trinajstić information content (AvgIpc) is 3.22. The zero-order valence-corrected chi connectivity index (χ0v) is 18.5. The van der Waals surface area contributed by atoms with Crippen molar-refractivity contribution in [2.45, 2.75) is 12.7 Å². The van der Waals surface area contributed by atoms with E-state index in [0.29, 0.717) is 28.4 Å². The van der Waals surface area contributed by atoms with Gasteiger partial charge >= 0.3 is 6.18 Å². The average molecular weight is 468 g/mol. The molecule has 0 amide bonds. The Morgan fingerprint density at radius 2 is 1.76 bits per heavy atom. The summed E-state index contributed by atoms with van der Waals surface area (Å²) in [6.45, 7) is 5.04. The number of piperazine rings is 1. The number of hydrogen-bond acceptors (Lipinski definition) is 7. The van der Waals surface area contributed by atoms with E-state index in [1.807, 2.05) is 12.1 Å². The Hall–Kier alpha value is -3.57.